The monoisotopic (exact) mass is 325 g/mol. The largest absolute Gasteiger partial charge is 0.462 e. The number of carbonyl (C=O) groups is 1. The second kappa shape index (κ2) is 7.27. The van der Waals surface area contributed by atoms with E-state index in [1.54, 1.807) is 0 Å². The van der Waals surface area contributed by atoms with Crippen LogP contribution in [-0.4, -0.2) is 58.5 Å². The van der Waals surface area contributed by atoms with Crippen LogP contribution >= 0.6 is 0 Å². The lowest BCUT2D eigenvalue weighted by Crippen LogP contribution is -2.65. The lowest BCUT2D eigenvalue weighted by atomic mass is 9.97. The number of amides is 1. The molecule has 7 heteroatoms. The molecule has 0 bridgehead atoms. The van der Waals surface area contributed by atoms with Crippen molar-refractivity contribution in [3.05, 3.63) is 29.3 Å². The van der Waals surface area contributed by atoms with Gasteiger partial charge in [-0.2, -0.15) is 0 Å². The van der Waals surface area contributed by atoms with Crippen LogP contribution in [0.1, 0.15) is 18.1 Å². The van der Waals surface area contributed by atoms with E-state index in [2.05, 4.69) is 5.32 Å². The van der Waals surface area contributed by atoms with Gasteiger partial charge in [0.1, 0.15) is 30.1 Å². The second-order valence-corrected chi connectivity index (χ2v) is 5.82. The fourth-order valence-electron chi connectivity index (χ4n) is 2.53. The third-order valence-corrected chi connectivity index (χ3v) is 3.84. The maximum Gasteiger partial charge on any atom is 0.223 e. The molecule has 0 saturated carbocycles. The summed E-state index contributed by atoms with van der Waals surface area (Å²) in [5, 5.41) is 32.0. The zero-order valence-corrected chi connectivity index (χ0v) is 13.4. The first-order valence-electron chi connectivity index (χ1n) is 7.47. The second-order valence-electron chi connectivity index (χ2n) is 5.82. The minimum absolute atomic E-state index is 0.387. The van der Waals surface area contributed by atoms with Gasteiger partial charge in [-0.15, -0.1) is 0 Å². The Morgan fingerprint density at radius 1 is 1.30 bits per heavy atom. The van der Waals surface area contributed by atoms with Crippen LogP contribution in [0.15, 0.2) is 18.2 Å². The lowest BCUT2D eigenvalue weighted by molar-refractivity contribution is -0.244. The van der Waals surface area contributed by atoms with Gasteiger partial charge in [-0.1, -0.05) is 12.1 Å². The predicted molar refractivity (Wildman–Crippen MR) is 81.9 cm³/mol. The number of rotatable bonds is 4. The van der Waals surface area contributed by atoms with Gasteiger partial charge in [0.05, 0.1) is 6.61 Å². The van der Waals surface area contributed by atoms with Crippen LogP contribution in [-0.2, 0) is 9.53 Å². The molecule has 0 aliphatic carbocycles. The molecule has 1 aromatic rings. The molecule has 4 N–H and O–H groups in total. The maximum atomic E-state index is 11.4. The fourth-order valence-corrected chi connectivity index (χ4v) is 2.53. The van der Waals surface area contributed by atoms with Gasteiger partial charge in [-0.05, 0) is 31.0 Å². The number of carbonyl (C=O) groups excluding carboxylic acids is 1. The molecule has 1 heterocycles. The molecular formula is C16H23NO6. The summed E-state index contributed by atoms with van der Waals surface area (Å²) in [4.78, 5) is 11.4. The molecule has 0 aromatic heterocycles. The third kappa shape index (κ3) is 4.00. The molecule has 128 valence electrons. The number of ether oxygens (including phenoxy) is 2. The standard InChI is InChI=1S/C16H23NO6/c1-8-4-5-9(2)11(6-8)22-16-13(17-10(3)19)15(21)14(20)12(7-18)23-16/h4-6,12-16,18,20-21H,7H2,1-3H3,(H,17,19). The Morgan fingerprint density at radius 2 is 2.00 bits per heavy atom. The van der Waals surface area contributed by atoms with Gasteiger partial charge in [-0.25, -0.2) is 0 Å². The molecule has 0 spiro atoms. The topological polar surface area (TPSA) is 108 Å². The van der Waals surface area contributed by atoms with Crippen LogP contribution in [0, 0.1) is 13.8 Å². The Morgan fingerprint density at radius 3 is 2.61 bits per heavy atom. The zero-order chi connectivity index (χ0) is 17.1. The van der Waals surface area contributed by atoms with E-state index < -0.39 is 37.3 Å². The summed E-state index contributed by atoms with van der Waals surface area (Å²) in [6, 6.07) is 4.68. The molecule has 0 radical (unpaired) electrons. The first kappa shape index (κ1) is 17.7. The average molecular weight is 325 g/mol. The van der Waals surface area contributed by atoms with Crippen molar-refractivity contribution in [1.82, 2.24) is 5.32 Å². The highest BCUT2D eigenvalue weighted by molar-refractivity contribution is 5.73. The van der Waals surface area contributed by atoms with Crippen LogP contribution in [0.3, 0.4) is 0 Å². The summed E-state index contributed by atoms with van der Waals surface area (Å²) in [7, 11) is 0. The van der Waals surface area contributed by atoms with Crippen molar-refractivity contribution in [1.29, 1.82) is 0 Å². The van der Waals surface area contributed by atoms with E-state index in [1.165, 1.54) is 6.92 Å². The summed E-state index contributed by atoms with van der Waals surface area (Å²) in [6.45, 7) is 4.60. The van der Waals surface area contributed by atoms with E-state index in [0.29, 0.717) is 5.75 Å². The van der Waals surface area contributed by atoms with E-state index in [0.717, 1.165) is 11.1 Å². The number of hydrogen-bond acceptors (Lipinski definition) is 6. The smallest absolute Gasteiger partial charge is 0.223 e. The van der Waals surface area contributed by atoms with Gasteiger partial charge >= 0.3 is 0 Å². The molecule has 5 unspecified atom stereocenters. The number of aliphatic hydroxyl groups excluding tert-OH is 3. The molecule has 23 heavy (non-hydrogen) atoms. The number of aliphatic hydroxyl groups is 3. The number of benzene rings is 1. The molecule has 1 saturated heterocycles. The summed E-state index contributed by atoms with van der Waals surface area (Å²) >= 11 is 0. The Hall–Kier alpha value is -1.67. The number of nitrogens with one attached hydrogen (secondary N) is 1. The molecule has 1 amide bonds. The van der Waals surface area contributed by atoms with Crippen molar-refractivity contribution in [2.24, 2.45) is 0 Å². The van der Waals surface area contributed by atoms with Gasteiger partial charge in [0.25, 0.3) is 0 Å². The fraction of sp³-hybridized carbons (Fsp3) is 0.562. The molecule has 1 aromatic carbocycles. The molecular weight excluding hydrogens is 302 g/mol. The summed E-state index contributed by atoms with van der Waals surface area (Å²) in [5.74, 6) is 0.160. The van der Waals surface area contributed by atoms with Crippen molar-refractivity contribution in [3.8, 4) is 5.75 Å². The molecule has 1 aliphatic heterocycles. The molecule has 5 atom stereocenters. The van der Waals surface area contributed by atoms with Gasteiger partial charge < -0.3 is 30.1 Å². The zero-order valence-electron chi connectivity index (χ0n) is 13.4. The molecule has 1 fully saturated rings. The van der Waals surface area contributed by atoms with Crippen molar-refractivity contribution < 1.29 is 29.6 Å². The normalized spacial score (nSPS) is 30.8. The quantitative estimate of drug-likeness (QED) is 0.601. The third-order valence-electron chi connectivity index (χ3n) is 3.84. The predicted octanol–water partition coefficient (Wildman–Crippen LogP) is -0.374. The van der Waals surface area contributed by atoms with Crippen LogP contribution in [0.5, 0.6) is 5.75 Å². The van der Waals surface area contributed by atoms with E-state index in [9.17, 15) is 20.1 Å². The van der Waals surface area contributed by atoms with Crippen LogP contribution in [0.4, 0.5) is 0 Å². The van der Waals surface area contributed by atoms with Crippen molar-refractivity contribution in [2.75, 3.05) is 6.61 Å². The van der Waals surface area contributed by atoms with Crippen LogP contribution in [0.2, 0.25) is 0 Å². The van der Waals surface area contributed by atoms with E-state index in [1.807, 2.05) is 32.0 Å². The Bertz CT molecular complexity index is 564. The van der Waals surface area contributed by atoms with Gasteiger partial charge in [0.15, 0.2) is 0 Å². The minimum atomic E-state index is -1.32. The lowest BCUT2D eigenvalue weighted by Gasteiger charge is -2.42. The van der Waals surface area contributed by atoms with Crippen LogP contribution < -0.4 is 10.1 Å². The Balaban J connectivity index is 2.27. The van der Waals surface area contributed by atoms with E-state index in [4.69, 9.17) is 9.47 Å². The van der Waals surface area contributed by atoms with Crippen molar-refractivity contribution in [3.63, 3.8) is 0 Å². The van der Waals surface area contributed by atoms with E-state index in [-0.39, 0.29) is 5.91 Å². The van der Waals surface area contributed by atoms with Gasteiger partial charge in [-0.3, -0.25) is 4.79 Å². The van der Waals surface area contributed by atoms with Gasteiger partial charge in [0, 0.05) is 6.92 Å². The Labute approximate surface area is 134 Å². The van der Waals surface area contributed by atoms with E-state index >= 15 is 0 Å². The summed E-state index contributed by atoms with van der Waals surface area (Å²) in [6.07, 6.45) is -4.67. The van der Waals surface area contributed by atoms with Crippen molar-refractivity contribution >= 4 is 5.91 Å². The molecule has 1 aliphatic rings. The minimum Gasteiger partial charge on any atom is -0.462 e. The first-order valence-corrected chi connectivity index (χ1v) is 7.47. The highest BCUT2D eigenvalue weighted by atomic mass is 16.7. The molecule has 2 rings (SSSR count). The van der Waals surface area contributed by atoms with Crippen molar-refractivity contribution in [2.45, 2.75) is 51.4 Å². The maximum absolute atomic E-state index is 11.4. The number of hydrogen-bond donors (Lipinski definition) is 4. The molecule has 7 nitrogen and oxygen atoms in total. The van der Waals surface area contributed by atoms with Crippen LogP contribution in [0.25, 0.3) is 0 Å². The average Bonchev–Trinajstić information content (AvgIpc) is 2.49. The highest BCUT2D eigenvalue weighted by Gasteiger charge is 2.46. The SMILES string of the molecule is CC(=O)NC1C(Oc2cc(C)ccc2C)OC(CO)C(O)C1O. The highest BCUT2D eigenvalue weighted by Crippen LogP contribution is 2.27. The summed E-state index contributed by atoms with van der Waals surface area (Å²) in [5.41, 5.74) is 1.85. The Kier molecular flexibility index (Phi) is 5.59. The summed E-state index contributed by atoms with van der Waals surface area (Å²) < 4.78 is 11.3. The first-order chi connectivity index (χ1) is 10.8. The van der Waals surface area contributed by atoms with Gasteiger partial charge in [0.2, 0.25) is 12.2 Å². The number of aryl methyl sites for hydroxylation is 2.